The second kappa shape index (κ2) is 60.0. The molecule has 19 amide bonds. The normalized spacial score (nSPS) is 17.0. The van der Waals surface area contributed by atoms with Gasteiger partial charge in [0.1, 0.15) is 103 Å². The number of nitrogens with one attached hydrogen (secondary N) is 18. The minimum absolute atomic E-state index is 0.00286. The Morgan fingerprint density at radius 3 is 1.32 bits per heavy atom. The van der Waals surface area contributed by atoms with Crippen LogP contribution in [0.4, 0.5) is 0 Å². The van der Waals surface area contributed by atoms with E-state index in [1.165, 1.54) is 38.2 Å². The zero-order chi connectivity index (χ0) is 108. The van der Waals surface area contributed by atoms with Crippen molar-refractivity contribution in [1.29, 1.82) is 0 Å². The van der Waals surface area contributed by atoms with Crippen LogP contribution in [0.3, 0.4) is 0 Å². The van der Waals surface area contributed by atoms with Crippen LogP contribution in [0, 0.1) is 29.6 Å². The number of aromatic amines is 1. The van der Waals surface area contributed by atoms with Gasteiger partial charge >= 0.3 is 23.9 Å². The number of aromatic nitrogens is 2. The number of aliphatic hydroxyl groups excluding tert-OH is 2. The van der Waals surface area contributed by atoms with Gasteiger partial charge in [-0.05, 0) is 120 Å². The molecule has 2 aromatic rings. The van der Waals surface area contributed by atoms with Crippen LogP contribution < -0.4 is 102 Å². The molecule has 0 spiro atoms. The van der Waals surface area contributed by atoms with Crippen molar-refractivity contribution in [2.24, 2.45) is 41.1 Å². The van der Waals surface area contributed by atoms with Crippen LogP contribution in [0.15, 0.2) is 42.9 Å². The van der Waals surface area contributed by atoms with E-state index in [4.69, 9.17) is 11.5 Å². The molecule has 19 atom stereocenters. The molecule has 2 saturated heterocycles. The summed E-state index contributed by atoms with van der Waals surface area (Å²) in [5.74, 6) is -28.6. The predicted octanol–water partition coefficient (Wildman–Crippen LogP) is -7.95. The van der Waals surface area contributed by atoms with Gasteiger partial charge in [-0.3, -0.25) is 105 Å². The second-order valence-electron chi connectivity index (χ2n) is 36.8. The van der Waals surface area contributed by atoms with Crippen molar-refractivity contribution in [3.63, 3.8) is 0 Å². The van der Waals surface area contributed by atoms with E-state index in [2.05, 4.69) is 113 Å². The third-order valence-electron chi connectivity index (χ3n) is 23.1. The highest BCUT2D eigenvalue weighted by atomic mass is 32.1. The maximum absolute atomic E-state index is 15.0. The second-order valence-corrected chi connectivity index (χ2v) is 37.2. The molecule has 2 aliphatic rings. The number of H-pyrrole nitrogens is 1. The van der Waals surface area contributed by atoms with E-state index in [0.717, 1.165) is 18.7 Å². The van der Waals surface area contributed by atoms with E-state index in [-0.39, 0.29) is 81.9 Å². The molecular formula is C90H141N23O29S. The molecule has 143 heavy (non-hydrogen) atoms. The smallest absolute Gasteiger partial charge is 0.326 e. The van der Waals surface area contributed by atoms with Gasteiger partial charge < -0.3 is 147 Å². The maximum Gasteiger partial charge on any atom is 0.326 e. The van der Waals surface area contributed by atoms with E-state index in [0.29, 0.717) is 18.4 Å². The molecule has 4 rings (SSSR count). The lowest BCUT2D eigenvalue weighted by Gasteiger charge is -2.32. The minimum atomic E-state index is -1.97. The van der Waals surface area contributed by atoms with E-state index < -0.39 is 326 Å². The van der Waals surface area contributed by atoms with E-state index in [1.807, 2.05) is 0 Å². The number of unbranched alkanes of at least 4 members (excludes halogenated alkanes) is 1. The highest BCUT2D eigenvalue weighted by Gasteiger charge is 2.45. The molecule has 1 aromatic heterocycles. The van der Waals surface area contributed by atoms with Crippen LogP contribution in [0.5, 0.6) is 0 Å². The molecule has 2 aliphatic heterocycles. The van der Waals surface area contributed by atoms with Crippen molar-refractivity contribution in [2.45, 2.75) is 295 Å². The lowest BCUT2D eigenvalue weighted by atomic mass is 9.98. The summed E-state index contributed by atoms with van der Waals surface area (Å²) < 4.78 is 0. The van der Waals surface area contributed by atoms with Crippen molar-refractivity contribution in [3.8, 4) is 0 Å². The molecule has 0 bridgehead atoms. The summed E-state index contributed by atoms with van der Waals surface area (Å²) in [6.45, 7) is 17.1. The Kier molecular flexibility index (Phi) is 51.1. The van der Waals surface area contributed by atoms with Gasteiger partial charge in [-0.2, -0.15) is 12.6 Å². The number of aliphatic carboxylic acids is 4. The summed E-state index contributed by atoms with van der Waals surface area (Å²) >= 11 is 4.10. The van der Waals surface area contributed by atoms with Gasteiger partial charge in [-0.1, -0.05) is 99.6 Å². The average Bonchev–Trinajstić information content (AvgIpc) is 1.70. The fourth-order valence-electron chi connectivity index (χ4n) is 15.3. The van der Waals surface area contributed by atoms with Crippen molar-refractivity contribution in [2.75, 3.05) is 45.0 Å². The number of carboxylic acids is 4. The van der Waals surface area contributed by atoms with Gasteiger partial charge in [-0.15, -0.1) is 0 Å². The summed E-state index contributed by atoms with van der Waals surface area (Å²) in [4.78, 5) is 322. The summed E-state index contributed by atoms with van der Waals surface area (Å²) in [6, 6.07) is -18.3. The number of carboxylic acid groups (broad SMARTS) is 4. The van der Waals surface area contributed by atoms with Gasteiger partial charge in [0, 0.05) is 44.3 Å². The predicted molar refractivity (Wildman–Crippen MR) is 510 cm³/mol. The number of nitrogens with zero attached hydrogens (tertiary/aromatic N) is 3. The fraction of sp³-hybridized carbons (Fsp3) is 0.644. The van der Waals surface area contributed by atoms with Gasteiger partial charge in [0.2, 0.25) is 112 Å². The van der Waals surface area contributed by atoms with Crippen LogP contribution in [0.1, 0.15) is 178 Å². The first-order valence-corrected chi connectivity index (χ1v) is 47.7. The van der Waals surface area contributed by atoms with E-state index in [1.54, 1.807) is 85.7 Å². The third kappa shape index (κ3) is 40.4. The molecule has 796 valence electrons. The molecule has 2 fully saturated rings. The highest BCUT2D eigenvalue weighted by molar-refractivity contribution is 7.80. The number of carbonyl (C=O) groups is 23. The molecule has 1 aromatic carbocycles. The lowest BCUT2D eigenvalue weighted by molar-refractivity contribution is -0.143. The Balaban J connectivity index is 1.47. The fourth-order valence-corrected chi connectivity index (χ4v) is 15.6. The zero-order valence-corrected chi connectivity index (χ0v) is 83.2. The van der Waals surface area contributed by atoms with Crippen LogP contribution >= 0.6 is 12.6 Å². The monoisotopic (exact) mass is 2040 g/mol. The number of carbonyl (C=O) groups excluding carboxylic acids is 19. The lowest BCUT2D eigenvalue weighted by Crippen LogP contribution is -2.62. The number of hydrogen-bond donors (Lipinski definition) is 27. The molecule has 52 nitrogen and oxygen atoms in total. The molecule has 3 heterocycles. The largest absolute Gasteiger partial charge is 0.481 e. The van der Waals surface area contributed by atoms with E-state index >= 15 is 0 Å². The summed E-state index contributed by atoms with van der Waals surface area (Å²) in [5.41, 5.74) is 11.5. The van der Waals surface area contributed by atoms with Gasteiger partial charge in [0.25, 0.3) is 0 Å². The average molecular weight is 2040 g/mol. The zero-order valence-electron chi connectivity index (χ0n) is 82.3. The Morgan fingerprint density at radius 2 is 0.825 bits per heavy atom. The van der Waals surface area contributed by atoms with Gasteiger partial charge in [0.05, 0.1) is 56.7 Å². The van der Waals surface area contributed by atoms with Crippen molar-refractivity contribution in [3.05, 3.63) is 54.1 Å². The minimum Gasteiger partial charge on any atom is -0.481 e. The number of rotatable bonds is 61. The molecule has 0 aliphatic carbocycles. The van der Waals surface area contributed by atoms with Gasteiger partial charge in [0.15, 0.2) is 0 Å². The Hall–Kier alpha value is -13.6. The Labute approximate surface area is 831 Å². The third-order valence-corrected chi connectivity index (χ3v) is 23.5. The maximum atomic E-state index is 15.0. The number of aliphatic hydroxyl groups is 2. The van der Waals surface area contributed by atoms with Crippen LogP contribution in [-0.2, 0) is 123 Å². The van der Waals surface area contributed by atoms with Crippen LogP contribution in [0.25, 0.3) is 0 Å². The first-order valence-electron chi connectivity index (χ1n) is 47.1. The van der Waals surface area contributed by atoms with Crippen molar-refractivity contribution >= 4 is 149 Å². The highest BCUT2D eigenvalue weighted by Crippen LogP contribution is 2.24. The van der Waals surface area contributed by atoms with Gasteiger partial charge in [-0.25, -0.2) is 9.78 Å². The molecule has 0 saturated carbocycles. The SMILES string of the molecule is CC(C)C[C@H](NC(=O)[C@@H](NC(=O)[C@H](Cc1c[nH]cn1)NC(=O)[C@H](CC(=O)O)NC(=O)CNC(=O)[C@@H]1CCCN1C(=O)[C@H](C)NC(=O)[C@@H](NC(=O)[C@H](CC(=O)O)NC(=O)[C@@H](NC(=O)[C@@H](NC(=O)CN)C(C)C)[C@@H](C)O)C(C)C)C(C)C)C(=O)N1CCC[C@H]1C(=O)N[C@H](C(=O)N[C@@H](Cc1ccccc1)C(=O)N[C@H](C(=O)NCC(=O)N[C@@H](CCC(=O)O)C(=O)N[C@@H](CS)C(=O)N[C@@H](CCCCN)C(=O)O)[C@@H](C)O)C(C)C. The first-order chi connectivity index (χ1) is 67.1. The molecular weight excluding hydrogens is 1900 g/mol. The number of amides is 19. The number of thiol groups is 1. The number of imidazole rings is 1. The van der Waals surface area contributed by atoms with Crippen molar-refractivity contribution < 1.29 is 141 Å². The Morgan fingerprint density at radius 1 is 0.413 bits per heavy atom. The number of likely N-dealkylation sites (tertiary alicyclic amines) is 2. The Bertz CT molecular complexity index is 4760. The summed E-state index contributed by atoms with van der Waals surface area (Å²) in [6.07, 6.45) is -3.56. The standard InChI is InChI=1S/C90H141N23O29S/c1-42(2)31-58(89(140)113-30-20-25-61(113)81(132)109-71(46(9)10)84(135)102-54(32-50-21-15-14-16-22-50)76(127)110-72(48(12)114)82(133)95-39-63(117)98-52(26-27-65(119)120)74(125)105-59(40-143)79(130)100-53(90(141)142)23-17-18-28-91)104-85(136)70(45(7)8)108-77(128)55(33-51-37-93-41-96-51)101-75(126)56(34-66(121)122)99-64(118)38-94-80(131)60-24-19-29-112(60)88(139)47(11)97-83(134)69(44(5)6)107-78(129)57(35-67(123)124)103-87(138)73(49(13)115)111-86(137)68(43(3)4)106-62(116)36-92/h14-16,21-22,37,41-49,52-61,68-73,114-115,143H,17-20,23-36,38-40,91-92H2,1-13H3,(H,93,96)(H,94,131)(H,95,133)(H,97,134)(H,98,117)(H,99,118)(H,100,130)(H,101,126)(H,102,135)(H,103,138)(H,104,136)(H,105,125)(H,106,116)(H,107,129)(H,108,128)(H,109,132)(H,110,127)(H,111,137)(H,119,120)(H,121,122)(H,123,124)(H,141,142)/t47-,48+,49+,52-,53-,54-,55-,56-,57-,58-,59-,60-,61-,68-,69-,70-,71-,72-,73-/m0/s1. The number of hydrogen-bond acceptors (Lipinski definition) is 29. The molecule has 28 N–H and O–H groups in total. The molecule has 0 radical (unpaired) electrons. The quantitative estimate of drug-likeness (QED) is 0.0216. The summed E-state index contributed by atoms with van der Waals surface area (Å²) in [7, 11) is 0. The first kappa shape index (κ1) is 122. The number of nitrogens with two attached hydrogens (primary N) is 2. The molecule has 53 heteroatoms. The molecule has 0 unspecified atom stereocenters. The summed E-state index contributed by atoms with van der Waals surface area (Å²) in [5, 5.41) is 101. The number of benzene rings is 1. The van der Waals surface area contributed by atoms with Crippen LogP contribution in [0.2, 0.25) is 0 Å². The van der Waals surface area contributed by atoms with Crippen molar-refractivity contribution in [1.82, 2.24) is 110 Å². The van der Waals surface area contributed by atoms with Crippen LogP contribution in [-0.4, -0.2) is 346 Å². The van der Waals surface area contributed by atoms with E-state index in [9.17, 15) is 141 Å². The topological polar surface area (TPSA) is 806 Å².